The lowest BCUT2D eigenvalue weighted by atomic mass is 9.69. The minimum absolute atomic E-state index is 0.0496. The Labute approximate surface area is 190 Å². The molecule has 2 N–H and O–H groups in total. The van der Waals surface area contributed by atoms with Gasteiger partial charge in [0.1, 0.15) is 0 Å². The second kappa shape index (κ2) is 9.29. The number of halogens is 2. The molecule has 2 saturated carbocycles. The average Bonchev–Trinajstić information content (AvgIpc) is 3.55. The van der Waals surface area contributed by atoms with Gasteiger partial charge in [0.25, 0.3) is 0 Å². The lowest BCUT2D eigenvalue weighted by Gasteiger charge is -2.36. The molecule has 29 heavy (non-hydrogen) atoms. The van der Waals surface area contributed by atoms with E-state index in [9.17, 15) is 14.7 Å². The third-order valence-corrected chi connectivity index (χ3v) is 10.0. The number of hydrogen-bond acceptors (Lipinski definition) is 4. The summed E-state index contributed by atoms with van der Waals surface area (Å²) in [5.41, 5.74) is 0.967. The molecule has 1 amide bonds. The van der Waals surface area contributed by atoms with Crippen LogP contribution in [0.15, 0.2) is 12.1 Å². The van der Waals surface area contributed by atoms with Crippen molar-refractivity contribution in [2.24, 2.45) is 11.3 Å². The number of carbonyl (C=O) groups is 2. The Hall–Kier alpha value is -0.560. The lowest BCUT2D eigenvalue weighted by Crippen LogP contribution is -2.40. The Bertz CT molecular complexity index is 788. The number of aliphatic carboxylic acids is 1. The number of nitrogens with one attached hydrogen (secondary N) is 1. The van der Waals surface area contributed by atoms with Gasteiger partial charge in [-0.05, 0) is 61.8 Å². The minimum Gasteiger partial charge on any atom is -0.480 e. The quantitative estimate of drug-likeness (QED) is 0.429. The van der Waals surface area contributed by atoms with Gasteiger partial charge in [0.2, 0.25) is 5.91 Å². The molecule has 0 aliphatic heterocycles. The van der Waals surface area contributed by atoms with Crippen LogP contribution in [0.5, 0.6) is 0 Å². The van der Waals surface area contributed by atoms with Crippen LogP contribution in [0.2, 0.25) is 10.0 Å². The molecule has 0 aromatic heterocycles. The van der Waals surface area contributed by atoms with E-state index >= 15 is 0 Å². The van der Waals surface area contributed by atoms with Crippen LogP contribution < -0.4 is 5.32 Å². The maximum atomic E-state index is 13.4. The second-order valence-electron chi connectivity index (χ2n) is 8.01. The highest BCUT2D eigenvalue weighted by molar-refractivity contribution is 8.18. The van der Waals surface area contributed by atoms with E-state index in [4.69, 9.17) is 23.2 Å². The molecule has 0 bridgehead atoms. The molecular formula is C21H27Cl2NO3S2. The zero-order valence-electron chi connectivity index (χ0n) is 16.7. The number of carboxylic acids is 1. The summed E-state index contributed by atoms with van der Waals surface area (Å²) in [5, 5.41) is 13.7. The van der Waals surface area contributed by atoms with Crippen LogP contribution in [-0.2, 0) is 16.0 Å². The molecule has 160 valence electrons. The third kappa shape index (κ3) is 4.70. The van der Waals surface area contributed by atoms with Crippen LogP contribution in [-0.4, -0.2) is 33.6 Å². The van der Waals surface area contributed by atoms with Crippen molar-refractivity contribution in [3.8, 4) is 0 Å². The van der Waals surface area contributed by atoms with Crippen LogP contribution in [0.4, 0.5) is 5.69 Å². The summed E-state index contributed by atoms with van der Waals surface area (Å²) in [6.45, 7) is 0. The first-order chi connectivity index (χ1) is 13.8. The van der Waals surface area contributed by atoms with Gasteiger partial charge in [0, 0.05) is 12.1 Å². The molecule has 0 radical (unpaired) electrons. The molecule has 0 unspecified atom stereocenters. The lowest BCUT2D eigenvalue weighted by molar-refractivity contribution is -0.137. The smallest absolute Gasteiger partial charge is 0.330 e. The van der Waals surface area contributed by atoms with Gasteiger partial charge in [-0.15, -0.1) is 23.5 Å². The van der Waals surface area contributed by atoms with E-state index in [1.807, 2.05) is 0 Å². The fourth-order valence-corrected chi connectivity index (χ4v) is 6.43. The molecule has 0 spiro atoms. The zero-order chi connectivity index (χ0) is 21.2. The van der Waals surface area contributed by atoms with Crippen molar-refractivity contribution < 1.29 is 14.7 Å². The summed E-state index contributed by atoms with van der Waals surface area (Å²) in [7, 11) is 0. The van der Waals surface area contributed by atoms with Gasteiger partial charge in [0.15, 0.2) is 4.08 Å². The fraction of sp³-hybridized carbons (Fsp3) is 0.619. The molecule has 1 aromatic carbocycles. The first-order valence-corrected chi connectivity index (χ1v) is 13.1. The van der Waals surface area contributed by atoms with Crippen molar-refractivity contribution in [2.75, 3.05) is 17.8 Å². The monoisotopic (exact) mass is 475 g/mol. The Morgan fingerprint density at radius 3 is 2.24 bits per heavy atom. The Morgan fingerprint density at radius 1 is 1.14 bits per heavy atom. The van der Waals surface area contributed by atoms with Crippen LogP contribution in [0.25, 0.3) is 0 Å². The first kappa shape index (κ1) is 23.1. The predicted octanol–water partition coefficient (Wildman–Crippen LogP) is 6.34. The van der Waals surface area contributed by atoms with E-state index in [0.29, 0.717) is 27.2 Å². The normalized spacial score (nSPS) is 19.0. The summed E-state index contributed by atoms with van der Waals surface area (Å²) in [5.74, 6) is -0.388. The highest BCUT2D eigenvalue weighted by atomic mass is 35.5. The topological polar surface area (TPSA) is 66.4 Å². The van der Waals surface area contributed by atoms with Crippen molar-refractivity contribution in [3.05, 3.63) is 27.7 Å². The number of hydrogen-bond donors (Lipinski definition) is 2. The largest absolute Gasteiger partial charge is 0.480 e. The molecule has 2 fully saturated rings. The van der Waals surface area contributed by atoms with Crippen LogP contribution >= 0.6 is 46.7 Å². The molecule has 3 rings (SSSR count). The van der Waals surface area contributed by atoms with Crippen LogP contribution in [0.3, 0.4) is 0 Å². The Morgan fingerprint density at radius 2 is 1.72 bits per heavy atom. The van der Waals surface area contributed by atoms with E-state index in [-0.39, 0.29) is 17.7 Å². The molecule has 8 heteroatoms. The van der Waals surface area contributed by atoms with Crippen LogP contribution in [0.1, 0.15) is 50.5 Å². The van der Waals surface area contributed by atoms with E-state index in [0.717, 1.165) is 38.5 Å². The summed E-state index contributed by atoms with van der Waals surface area (Å²) >= 11 is 15.1. The predicted molar refractivity (Wildman–Crippen MR) is 124 cm³/mol. The van der Waals surface area contributed by atoms with Crippen molar-refractivity contribution in [2.45, 2.75) is 55.4 Å². The van der Waals surface area contributed by atoms with Gasteiger partial charge in [-0.1, -0.05) is 42.5 Å². The van der Waals surface area contributed by atoms with Gasteiger partial charge in [-0.2, -0.15) is 0 Å². The number of amides is 1. The highest BCUT2D eigenvalue weighted by Gasteiger charge is 2.51. The Balaban J connectivity index is 1.93. The van der Waals surface area contributed by atoms with Crippen molar-refractivity contribution >= 4 is 64.3 Å². The molecule has 1 aromatic rings. The maximum absolute atomic E-state index is 13.4. The Kier molecular flexibility index (Phi) is 7.40. The number of thioether (sulfide) groups is 2. The number of carbonyl (C=O) groups excluding carboxylic acids is 1. The molecule has 2 aliphatic carbocycles. The molecule has 2 aliphatic rings. The second-order valence-corrected chi connectivity index (χ2v) is 11.3. The van der Waals surface area contributed by atoms with Crippen LogP contribution in [0, 0.1) is 11.3 Å². The maximum Gasteiger partial charge on any atom is 0.330 e. The molecule has 0 saturated heterocycles. The zero-order valence-corrected chi connectivity index (χ0v) is 19.9. The SMILES string of the molecule is CSC(Cc1cc(Cl)c(Cl)cc1NC(=O)C1(C2CC2)CCCCC1)(SC)C(=O)O. The summed E-state index contributed by atoms with van der Waals surface area (Å²) in [6.07, 6.45) is 11.2. The molecule has 0 atom stereocenters. The molecular weight excluding hydrogens is 449 g/mol. The fourth-order valence-electron chi connectivity index (χ4n) is 4.47. The average molecular weight is 476 g/mol. The summed E-state index contributed by atoms with van der Waals surface area (Å²) in [4.78, 5) is 25.4. The van der Waals surface area contributed by atoms with Gasteiger partial charge in [0.05, 0.1) is 15.5 Å². The minimum atomic E-state index is -1.06. The first-order valence-electron chi connectivity index (χ1n) is 9.91. The highest BCUT2D eigenvalue weighted by Crippen LogP contribution is 2.54. The standard InChI is InChI=1S/C21H27Cl2NO3S2/c1-28-21(29-2,19(26)27)12-13-10-15(22)16(23)11-17(13)24-18(25)20(14-6-7-14)8-4-3-5-9-20/h10-11,14H,3-9,12H2,1-2H3,(H,24,25)(H,26,27). The van der Waals surface area contributed by atoms with E-state index in [1.54, 1.807) is 24.6 Å². The van der Waals surface area contributed by atoms with Gasteiger partial charge in [-0.25, -0.2) is 4.79 Å². The van der Waals surface area contributed by atoms with Gasteiger partial charge < -0.3 is 10.4 Å². The van der Waals surface area contributed by atoms with Crippen molar-refractivity contribution in [1.29, 1.82) is 0 Å². The van der Waals surface area contributed by atoms with E-state index < -0.39 is 10.0 Å². The number of carboxylic acid groups (broad SMARTS) is 1. The summed E-state index contributed by atoms with van der Waals surface area (Å²) < 4.78 is -1.06. The van der Waals surface area contributed by atoms with Gasteiger partial charge in [-0.3, -0.25) is 4.79 Å². The summed E-state index contributed by atoms with van der Waals surface area (Å²) in [6, 6.07) is 3.35. The molecule has 0 heterocycles. The number of rotatable bonds is 8. The third-order valence-electron chi connectivity index (χ3n) is 6.36. The van der Waals surface area contributed by atoms with E-state index in [2.05, 4.69) is 5.32 Å². The molecule has 4 nitrogen and oxygen atoms in total. The number of anilines is 1. The van der Waals surface area contributed by atoms with Crippen molar-refractivity contribution in [3.63, 3.8) is 0 Å². The van der Waals surface area contributed by atoms with E-state index in [1.165, 1.54) is 29.9 Å². The van der Waals surface area contributed by atoms with Gasteiger partial charge >= 0.3 is 5.97 Å². The van der Waals surface area contributed by atoms with Crippen molar-refractivity contribution in [1.82, 2.24) is 0 Å². The number of benzene rings is 1.